The Bertz CT molecular complexity index is 836. The Labute approximate surface area is 141 Å². The number of anilines is 1. The lowest BCUT2D eigenvalue weighted by molar-refractivity contribution is 0.577. The van der Waals surface area contributed by atoms with Crippen LogP contribution in [-0.2, 0) is 16.6 Å². The van der Waals surface area contributed by atoms with Gasteiger partial charge in [0.15, 0.2) is 0 Å². The van der Waals surface area contributed by atoms with Crippen LogP contribution < -0.4 is 10.0 Å². The molecule has 3 rings (SSSR count). The van der Waals surface area contributed by atoms with Crippen LogP contribution in [0.15, 0.2) is 47.5 Å². The zero-order chi connectivity index (χ0) is 17.0. The Morgan fingerprint density at radius 3 is 2.50 bits per heavy atom. The third-order valence-corrected chi connectivity index (χ3v) is 5.27. The van der Waals surface area contributed by atoms with Gasteiger partial charge in [-0.05, 0) is 48.6 Å². The molecule has 0 aliphatic heterocycles. The molecular formula is C17H18N4O2S. The average molecular weight is 342 g/mol. The van der Waals surface area contributed by atoms with E-state index in [1.165, 1.54) is 6.20 Å². The second-order valence-corrected chi connectivity index (χ2v) is 7.60. The monoisotopic (exact) mass is 342 g/mol. The van der Waals surface area contributed by atoms with Gasteiger partial charge in [-0.3, -0.25) is 0 Å². The normalized spacial score (nSPS) is 14.1. The van der Waals surface area contributed by atoms with Crippen molar-refractivity contribution >= 4 is 15.8 Å². The summed E-state index contributed by atoms with van der Waals surface area (Å²) in [6.45, 7) is 1.05. The van der Waals surface area contributed by atoms with Gasteiger partial charge < -0.3 is 5.32 Å². The lowest BCUT2D eigenvalue weighted by atomic mass is 10.1. The van der Waals surface area contributed by atoms with Crippen molar-refractivity contribution in [2.45, 2.75) is 24.3 Å². The highest BCUT2D eigenvalue weighted by Gasteiger charge is 2.24. The number of aromatic nitrogens is 1. The molecule has 2 N–H and O–H groups in total. The maximum atomic E-state index is 12.1. The van der Waals surface area contributed by atoms with Gasteiger partial charge in [0.05, 0.1) is 11.6 Å². The number of pyridine rings is 1. The van der Waals surface area contributed by atoms with E-state index in [1.54, 1.807) is 24.3 Å². The van der Waals surface area contributed by atoms with E-state index in [0.29, 0.717) is 30.4 Å². The lowest BCUT2D eigenvalue weighted by Crippen LogP contribution is -2.25. The summed E-state index contributed by atoms with van der Waals surface area (Å²) in [4.78, 5) is 4.33. The fourth-order valence-electron chi connectivity index (χ4n) is 2.17. The molecule has 0 saturated heterocycles. The first-order chi connectivity index (χ1) is 11.6. The smallest absolute Gasteiger partial charge is 0.242 e. The van der Waals surface area contributed by atoms with E-state index in [2.05, 4.69) is 21.1 Å². The summed E-state index contributed by atoms with van der Waals surface area (Å²) in [5.41, 5.74) is 1.63. The molecule has 1 aliphatic carbocycles. The molecule has 0 spiro atoms. The van der Waals surface area contributed by atoms with Crippen molar-refractivity contribution in [2.24, 2.45) is 5.92 Å². The molecule has 1 aromatic heterocycles. The molecule has 24 heavy (non-hydrogen) atoms. The zero-order valence-electron chi connectivity index (χ0n) is 13.1. The average Bonchev–Trinajstić information content (AvgIpc) is 3.44. The highest BCUT2D eigenvalue weighted by atomic mass is 32.2. The fourth-order valence-corrected chi connectivity index (χ4v) is 3.23. The van der Waals surface area contributed by atoms with E-state index in [0.717, 1.165) is 18.4 Å². The van der Waals surface area contributed by atoms with Gasteiger partial charge in [-0.15, -0.1) is 0 Å². The number of rotatable bonds is 7. The van der Waals surface area contributed by atoms with Gasteiger partial charge in [0, 0.05) is 19.3 Å². The predicted molar refractivity (Wildman–Crippen MR) is 90.6 cm³/mol. The number of nitrogens with one attached hydrogen (secondary N) is 2. The van der Waals surface area contributed by atoms with Crippen LogP contribution in [0.25, 0.3) is 0 Å². The lowest BCUT2D eigenvalue weighted by Gasteiger charge is -2.08. The van der Waals surface area contributed by atoms with Gasteiger partial charge in [-0.1, -0.05) is 12.1 Å². The Balaban J connectivity index is 1.58. The van der Waals surface area contributed by atoms with Crippen LogP contribution in [0.2, 0.25) is 0 Å². The molecule has 0 unspecified atom stereocenters. The van der Waals surface area contributed by atoms with E-state index in [1.807, 2.05) is 12.1 Å². The summed E-state index contributed by atoms with van der Waals surface area (Å²) in [6.07, 6.45) is 3.55. The highest BCUT2D eigenvalue weighted by Crippen LogP contribution is 2.28. The maximum absolute atomic E-state index is 12.1. The first kappa shape index (κ1) is 16.4. The molecule has 0 amide bonds. The van der Waals surface area contributed by atoms with Gasteiger partial charge in [0.1, 0.15) is 10.7 Å². The van der Waals surface area contributed by atoms with E-state index < -0.39 is 10.0 Å². The molecule has 124 valence electrons. The van der Waals surface area contributed by atoms with Crippen LogP contribution in [0.5, 0.6) is 0 Å². The van der Waals surface area contributed by atoms with Crippen molar-refractivity contribution in [1.82, 2.24) is 9.71 Å². The molecule has 6 nitrogen and oxygen atoms in total. The van der Waals surface area contributed by atoms with E-state index in [-0.39, 0.29) is 4.90 Å². The van der Waals surface area contributed by atoms with E-state index in [4.69, 9.17) is 5.26 Å². The zero-order valence-corrected chi connectivity index (χ0v) is 13.9. The first-order valence-corrected chi connectivity index (χ1v) is 9.24. The SMILES string of the molecule is N#Cc1ccc(CNc2ccc(S(=O)(=O)NCC3CC3)cn2)cc1. The molecule has 0 radical (unpaired) electrons. The molecule has 2 aromatic rings. The van der Waals surface area contributed by atoms with Crippen molar-refractivity contribution in [3.63, 3.8) is 0 Å². The van der Waals surface area contributed by atoms with Crippen LogP contribution in [-0.4, -0.2) is 19.9 Å². The number of nitriles is 1. The first-order valence-electron chi connectivity index (χ1n) is 7.75. The standard InChI is InChI=1S/C17H18N4O2S/c18-9-13-1-3-14(4-2-13)10-19-17-8-7-16(12-20-17)24(22,23)21-11-15-5-6-15/h1-4,7-8,12,15,21H,5-6,10-11H2,(H,19,20). The summed E-state index contributed by atoms with van der Waals surface area (Å²) in [5, 5.41) is 11.9. The molecule has 1 aliphatic rings. The van der Waals surface area contributed by atoms with Crippen molar-refractivity contribution in [3.8, 4) is 6.07 Å². The fraction of sp³-hybridized carbons (Fsp3) is 0.294. The van der Waals surface area contributed by atoms with Crippen LogP contribution in [0.1, 0.15) is 24.0 Å². The van der Waals surface area contributed by atoms with Crippen LogP contribution >= 0.6 is 0 Å². The Kier molecular flexibility index (Phi) is 4.79. The number of sulfonamides is 1. The third kappa shape index (κ3) is 4.31. The van der Waals surface area contributed by atoms with Crippen molar-refractivity contribution in [1.29, 1.82) is 5.26 Å². The van der Waals surface area contributed by atoms with Gasteiger partial charge in [-0.2, -0.15) is 5.26 Å². The Hall–Kier alpha value is -2.43. The number of benzene rings is 1. The molecule has 1 fully saturated rings. The highest BCUT2D eigenvalue weighted by molar-refractivity contribution is 7.89. The number of hydrogen-bond donors (Lipinski definition) is 2. The van der Waals surface area contributed by atoms with Crippen molar-refractivity contribution in [3.05, 3.63) is 53.7 Å². The van der Waals surface area contributed by atoms with Crippen LogP contribution in [0, 0.1) is 17.2 Å². The molecule has 0 bridgehead atoms. The molecule has 1 heterocycles. The quantitative estimate of drug-likeness (QED) is 0.805. The topological polar surface area (TPSA) is 94.9 Å². The molecule has 1 saturated carbocycles. The van der Waals surface area contributed by atoms with Gasteiger partial charge in [-0.25, -0.2) is 18.1 Å². The summed E-state index contributed by atoms with van der Waals surface area (Å²) >= 11 is 0. The Morgan fingerprint density at radius 1 is 1.17 bits per heavy atom. The summed E-state index contributed by atoms with van der Waals surface area (Å²) in [6, 6.07) is 12.5. The minimum Gasteiger partial charge on any atom is -0.366 e. The second-order valence-electron chi connectivity index (χ2n) is 5.84. The number of hydrogen-bond acceptors (Lipinski definition) is 5. The molecule has 7 heteroatoms. The minimum absolute atomic E-state index is 0.173. The summed E-state index contributed by atoms with van der Waals surface area (Å²) < 4.78 is 26.8. The van der Waals surface area contributed by atoms with Crippen LogP contribution in [0.4, 0.5) is 5.82 Å². The van der Waals surface area contributed by atoms with Gasteiger partial charge in [0.25, 0.3) is 0 Å². The maximum Gasteiger partial charge on any atom is 0.242 e. The van der Waals surface area contributed by atoms with Gasteiger partial charge in [0.2, 0.25) is 10.0 Å². The minimum atomic E-state index is -3.48. The summed E-state index contributed by atoms with van der Waals surface area (Å²) in [5.74, 6) is 1.08. The number of nitrogens with zero attached hydrogens (tertiary/aromatic N) is 2. The van der Waals surface area contributed by atoms with Crippen LogP contribution in [0.3, 0.4) is 0 Å². The summed E-state index contributed by atoms with van der Waals surface area (Å²) in [7, 11) is -3.48. The van der Waals surface area contributed by atoms with Crippen molar-refractivity contribution in [2.75, 3.05) is 11.9 Å². The van der Waals surface area contributed by atoms with Crippen molar-refractivity contribution < 1.29 is 8.42 Å². The molecular weight excluding hydrogens is 324 g/mol. The third-order valence-electron chi connectivity index (χ3n) is 3.86. The largest absolute Gasteiger partial charge is 0.366 e. The predicted octanol–water partition coefficient (Wildman–Crippen LogP) is 2.25. The second kappa shape index (κ2) is 6.99. The van der Waals surface area contributed by atoms with Gasteiger partial charge >= 0.3 is 0 Å². The molecule has 1 aromatic carbocycles. The van der Waals surface area contributed by atoms with E-state index >= 15 is 0 Å². The molecule has 0 atom stereocenters. The van der Waals surface area contributed by atoms with E-state index in [9.17, 15) is 8.42 Å². The Morgan fingerprint density at radius 2 is 1.92 bits per heavy atom.